The minimum absolute atomic E-state index is 0.0402. The van der Waals surface area contributed by atoms with Crippen molar-refractivity contribution in [3.05, 3.63) is 46.2 Å². The number of rotatable bonds is 4. The fourth-order valence-corrected chi connectivity index (χ4v) is 1.74. The molecule has 0 bridgehead atoms. The van der Waals surface area contributed by atoms with Crippen LogP contribution in [-0.2, 0) is 6.42 Å². The summed E-state index contributed by atoms with van der Waals surface area (Å²) in [6, 6.07) is 3.67. The minimum Gasteiger partial charge on any atom is -0.342 e. The number of benzene rings is 1. The highest BCUT2D eigenvalue weighted by atomic mass is 19.1. The van der Waals surface area contributed by atoms with E-state index >= 15 is 0 Å². The smallest absolute Gasteiger partial charge is 0.305 e. The van der Waals surface area contributed by atoms with E-state index in [1.54, 1.807) is 6.20 Å². The number of halogens is 1. The molecule has 0 aliphatic heterocycles. The van der Waals surface area contributed by atoms with Gasteiger partial charge in [0.15, 0.2) is 0 Å². The number of aromatic nitrogens is 2. The number of nitrogens with two attached hydrogens (primary N) is 1. The molecule has 0 fully saturated rings. The van der Waals surface area contributed by atoms with Crippen molar-refractivity contribution >= 4 is 5.69 Å². The van der Waals surface area contributed by atoms with Gasteiger partial charge in [-0.3, -0.25) is 10.1 Å². The molecule has 100 valence electrons. The zero-order valence-electron chi connectivity index (χ0n) is 10.3. The first-order chi connectivity index (χ1) is 8.97. The van der Waals surface area contributed by atoms with Gasteiger partial charge >= 0.3 is 5.69 Å². The van der Waals surface area contributed by atoms with E-state index < -0.39 is 16.4 Å². The highest BCUT2D eigenvalue weighted by molar-refractivity contribution is 5.62. The quantitative estimate of drug-likeness (QED) is 0.652. The third-order valence-electron chi connectivity index (χ3n) is 2.60. The molecule has 0 spiro atoms. The van der Waals surface area contributed by atoms with Gasteiger partial charge in [-0.1, -0.05) is 0 Å². The lowest BCUT2D eigenvalue weighted by Crippen LogP contribution is -2.18. The molecule has 1 aromatic heterocycles. The molecule has 19 heavy (non-hydrogen) atoms. The zero-order chi connectivity index (χ0) is 14.0. The Bertz CT molecular complexity index is 610. The molecule has 1 unspecified atom stereocenters. The minimum atomic E-state index is -0.857. The van der Waals surface area contributed by atoms with Crippen molar-refractivity contribution in [3.8, 4) is 11.3 Å². The van der Waals surface area contributed by atoms with Gasteiger partial charge in [0.2, 0.25) is 5.82 Å². The highest BCUT2D eigenvalue weighted by Crippen LogP contribution is 2.25. The molecular formula is C12H13FN4O2. The van der Waals surface area contributed by atoms with E-state index in [9.17, 15) is 14.5 Å². The third kappa shape index (κ3) is 2.94. The summed E-state index contributed by atoms with van der Waals surface area (Å²) in [5.41, 5.74) is 6.21. The molecule has 0 amide bonds. The maximum atomic E-state index is 13.2. The van der Waals surface area contributed by atoms with E-state index in [0.29, 0.717) is 23.5 Å². The predicted molar refractivity (Wildman–Crippen MR) is 68.0 cm³/mol. The Hall–Kier alpha value is -2.28. The number of hydrogen-bond acceptors (Lipinski definition) is 4. The third-order valence-corrected chi connectivity index (χ3v) is 2.60. The number of imidazole rings is 1. The molecular weight excluding hydrogens is 251 g/mol. The van der Waals surface area contributed by atoms with Crippen LogP contribution < -0.4 is 5.73 Å². The first-order valence-electron chi connectivity index (χ1n) is 5.71. The number of hydrogen-bond donors (Lipinski definition) is 2. The van der Waals surface area contributed by atoms with E-state index in [0.717, 1.165) is 6.07 Å². The normalized spacial score (nSPS) is 12.4. The van der Waals surface area contributed by atoms with Crippen LogP contribution in [0.4, 0.5) is 10.1 Å². The van der Waals surface area contributed by atoms with Crippen LogP contribution in [0.5, 0.6) is 0 Å². The van der Waals surface area contributed by atoms with Crippen molar-refractivity contribution in [3.63, 3.8) is 0 Å². The predicted octanol–water partition coefficient (Wildman–Crippen LogP) is 2.01. The molecule has 2 aromatic rings. The Kier molecular flexibility index (Phi) is 3.57. The van der Waals surface area contributed by atoms with Crippen LogP contribution in [0.2, 0.25) is 0 Å². The summed E-state index contributed by atoms with van der Waals surface area (Å²) in [7, 11) is 0. The lowest BCUT2D eigenvalue weighted by atomic mass is 10.1. The first kappa shape index (κ1) is 13.2. The standard InChI is InChI=1S/C12H13FN4O2/c1-7(14)4-12-15-6-10(16-12)8-2-3-9(13)11(5-8)17(18)19/h2-3,5-7H,4,14H2,1H3,(H,15,16). The van der Waals surface area contributed by atoms with Gasteiger partial charge in [0.1, 0.15) is 5.82 Å². The molecule has 0 radical (unpaired) electrons. The Morgan fingerprint density at radius 1 is 1.58 bits per heavy atom. The fourth-order valence-electron chi connectivity index (χ4n) is 1.74. The second-order valence-electron chi connectivity index (χ2n) is 4.35. The fraction of sp³-hybridized carbons (Fsp3) is 0.250. The molecule has 0 aliphatic rings. The zero-order valence-corrected chi connectivity index (χ0v) is 10.3. The van der Waals surface area contributed by atoms with Gasteiger partial charge in [0.05, 0.1) is 16.8 Å². The summed E-state index contributed by atoms with van der Waals surface area (Å²) in [4.78, 5) is 17.1. The molecule has 0 saturated carbocycles. The highest BCUT2D eigenvalue weighted by Gasteiger charge is 2.16. The van der Waals surface area contributed by atoms with Gasteiger partial charge in [0, 0.05) is 24.1 Å². The molecule has 0 saturated heterocycles. The Morgan fingerprint density at radius 3 is 2.95 bits per heavy atom. The van der Waals surface area contributed by atoms with E-state index in [2.05, 4.69) is 9.97 Å². The molecule has 1 heterocycles. The Labute approximate surface area is 108 Å². The number of nitro benzene ring substituents is 1. The molecule has 3 N–H and O–H groups in total. The van der Waals surface area contributed by atoms with Crippen LogP contribution >= 0.6 is 0 Å². The van der Waals surface area contributed by atoms with Gasteiger partial charge in [-0.15, -0.1) is 0 Å². The SMILES string of the molecule is CC(N)Cc1ncc(-c2ccc(F)c([N+](=O)[O-])c2)[nH]1. The Morgan fingerprint density at radius 2 is 2.32 bits per heavy atom. The van der Waals surface area contributed by atoms with Crippen LogP contribution in [0.25, 0.3) is 11.3 Å². The van der Waals surface area contributed by atoms with Crippen molar-refractivity contribution in [2.24, 2.45) is 5.73 Å². The second kappa shape index (κ2) is 5.15. The number of aromatic amines is 1. The molecule has 6 nitrogen and oxygen atoms in total. The molecule has 0 aliphatic carbocycles. The second-order valence-corrected chi connectivity index (χ2v) is 4.35. The maximum absolute atomic E-state index is 13.2. The lowest BCUT2D eigenvalue weighted by molar-refractivity contribution is -0.387. The van der Waals surface area contributed by atoms with Crippen molar-refractivity contribution in [2.45, 2.75) is 19.4 Å². The molecule has 2 rings (SSSR count). The molecule has 1 atom stereocenters. The summed E-state index contributed by atoms with van der Waals surface area (Å²) in [5.74, 6) is -0.166. The van der Waals surface area contributed by atoms with E-state index in [-0.39, 0.29) is 6.04 Å². The van der Waals surface area contributed by atoms with Crippen LogP contribution in [0.1, 0.15) is 12.7 Å². The van der Waals surface area contributed by atoms with Crippen molar-refractivity contribution in [2.75, 3.05) is 0 Å². The van der Waals surface area contributed by atoms with Crippen LogP contribution in [0.15, 0.2) is 24.4 Å². The summed E-state index contributed by atoms with van der Waals surface area (Å²) < 4.78 is 13.2. The largest absolute Gasteiger partial charge is 0.342 e. The van der Waals surface area contributed by atoms with Crippen molar-refractivity contribution < 1.29 is 9.31 Å². The van der Waals surface area contributed by atoms with Gasteiger partial charge in [-0.25, -0.2) is 4.98 Å². The van der Waals surface area contributed by atoms with Gasteiger partial charge in [-0.2, -0.15) is 4.39 Å². The molecule has 1 aromatic carbocycles. The van der Waals surface area contributed by atoms with Crippen LogP contribution in [0.3, 0.4) is 0 Å². The Balaban J connectivity index is 2.34. The van der Waals surface area contributed by atoms with E-state index in [1.807, 2.05) is 6.92 Å². The van der Waals surface area contributed by atoms with E-state index in [1.165, 1.54) is 12.1 Å². The van der Waals surface area contributed by atoms with Crippen LogP contribution in [0, 0.1) is 15.9 Å². The first-order valence-corrected chi connectivity index (χ1v) is 5.71. The number of nitrogens with one attached hydrogen (secondary N) is 1. The van der Waals surface area contributed by atoms with Gasteiger partial charge < -0.3 is 10.7 Å². The summed E-state index contributed by atoms with van der Waals surface area (Å²) >= 11 is 0. The molecule has 7 heteroatoms. The average Bonchev–Trinajstić information content (AvgIpc) is 2.76. The summed E-state index contributed by atoms with van der Waals surface area (Å²) in [5, 5.41) is 10.7. The summed E-state index contributed by atoms with van der Waals surface area (Å²) in [6.45, 7) is 1.85. The van der Waals surface area contributed by atoms with Gasteiger partial charge in [-0.05, 0) is 19.1 Å². The number of H-pyrrole nitrogens is 1. The van der Waals surface area contributed by atoms with Gasteiger partial charge in [0.25, 0.3) is 0 Å². The van der Waals surface area contributed by atoms with Crippen molar-refractivity contribution in [1.29, 1.82) is 0 Å². The lowest BCUT2D eigenvalue weighted by Gasteiger charge is -2.01. The monoisotopic (exact) mass is 264 g/mol. The number of nitrogens with zero attached hydrogens (tertiary/aromatic N) is 2. The summed E-state index contributed by atoms with van der Waals surface area (Å²) in [6.07, 6.45) is 2.12. The number of nitro groups is 1. The maximum Gasteiger partial charge on any atom is 0.305 e. The topological polar surface area (TPSA) is 97.8 Å². The van der Waals surface area contributed by atoms with Crippen LogP contribution in [-0.4, -0.2) is 20.9 Å². The van der Waals surface area contributed by atoms with E-state index in [4.69, 9.17) is 5.73 Å². The average molecular weight is 264 g/mol. The van der Waals surface area contributed by atoms with Crippen molar-refractivity contribution in [1.82, 2.24) is 9.97 Å².